The van der Waals surface area contributed by atoms with E-state index in [1.165, 1.54) is 0 Å². The van der Waals surface area contributed by atoms with E-state index in [1.54, 1.807) is 31.2 Å². The topological polar surface area (TPSA) is 107 Å². The standard InChI is InChI=1S/C25H26N6O2/c1-17-9-13-21(14-10-17)26-24(32)30-28-19(3)23(20-7-5-4-6-8-20)29-31-25(33)27-22-15-11-18(2)12-16-22/h4-16H,1-3H3,(H2,26,30,32)(H2,27,31,33)/b28-19+,29-23-. The van der Waals surface area contributed by atoms with E-state index in [1.807, 2.05) is 68.4 Å². The smallest absolute Gasteiger partial charge is 0.307 e. The zero-order chi connectivity index (χ0) is 23.6. The fraction of sp³-hybridized carbons (Fsp3) is 0.120. The van der Waals surface area contributed by atoms with E-state index in [4.69, 9.17) is 0 Å². The van der Waals surface area contributed by atoms with Crippen LogP contribution in [-0.2, 0) is 0 Å². The maximum Gasteiger partial charge on any atom is 0.339 e. The van der Waals surface area contributed by atoms with Crippen molar-refractivity contribution < 1.29 is 9.59 Å². The number of nitrogens with zero attached hydrogens (tertiary/aromatic N) is 2. The van der Waals surface area contributed by atoms with Crippen molar-refractivity contribution in [1.82, 2.24) is 10.9 Å². The summed E-state index contributed by atoms with van der Waals surface area (Å²) in [7, 11) is 0. The number of rotatable bonds is 6. The van der Waals surface area contributed by atoms with E-state index in [0.29, 0.717) is 22.8 Å². The molecule has 0 bridgehead atoms. The Morgan fingerprint density at radius 2 is 1.09 bits per heavy atom. The van der Waals surface area contributed by atoms with E-state index in [2.05, 4.69) is 31.7 Å². The minimum atomic E-state index is -0.495. The highest BCUT2D eigenvalue weighted by Gasteiger charge is 2.10. The molecule has 4 amide bonds. The molecule has 0 aromatic heterocycles. The Labute approximate surface area is 192 Å². The van der Waals surface area contributed by atoms with Gasteiger partial charge in [-0.25, -0.2) is 20.4 Å². The summed E-state index contributed by atoms with van der Waals surface area (Å²) < 4.78 is 0. The molecular formula is C25H26N6O2. The lowest BCUT2D eigenvalue weighted by atomic mass is 10.1. The molecule has 0 saturated carbocycles. The SMILES string of the molecule is CC(=N\NC(=O)Nc1ccc(C)cc1)/C(=N/NC(=O)Nc1ccc(C)cc1)c1ccccc1. The van der Waals surface area contributed by atoms with Gasteiger partial charge >= 0.3 is 12.1 Å². The minimum absolute atomic E-state index is 0.408. The fourth-order valence-corrected chi connectivity index (χ4v) is 2.84. The van der Waals surface area contributed by atoms with Crippen molar-refractivity contribution in [3.8, 4) is 0 Å². The molecule has 168 valence electrons. The second kappa shape index (κ2) is 11.2. The summed E-state index contributed by atoms with van der Waals surface area (Å²) in [4.78, 5) is 24.5. The lowest BCUT2D eigenvalue weighted by Gasteiger charge is -2.09. The highest BCUT2D eigenvalue weighted by molar-refractivity contribution is 6.47. The predicted octanol–water partition coefficient (Wildman–Crippen LogP) is 5.03. The number of carbonyl (C=O) groups excluding carboxylic acids is 2. The molecule has 8 heteroatoms. The van der Waals surface area contributed by atoms with Crippen LogP contribution >= 0.6 is 0 Å². The van der Waals surface area contributed by atoms with Crippen molar-refractivity contribution in [3.05, 3.63) is 95.6 Å². The van der Waals surface area contributed by atoms with Crippen LogP contribution in [0.2, 0.25) is 0 Å². The zero-order valence-electron chi connectivity index (χ0n) is 18.7. The molecule has 0 unspecified atom stereocenters. The van der Waals surface area contributed by atoms with Gasteiger partial charge < -0.3 is 10.6 Å². The molecule has 3 aromatic rings. The number of carbonyl (C=O) groups is 2. The van der Waals surface area contributed by atoms with Gasteiger partial charge in [0.25, 0.3) is 0 Å². The summed E-state index contributed by atoms with van der Waals surface area (Å²) in [6.45, 7) is 5.63. The first kappa shape index (κ1) is 23.2. The highest BCUT2D eigenvalue weighted by atomic mass is 16.2. The Morgan fingerprint density at radius 3 is 1.58 bits per heavy atom. The summed E-state index contributed by atoms with van der Waals surface area (Å²) in [6.07, 6.45) is 0. The Hall–Kier alpha value is -4.46. The van der Waals surface area contributed by atoms with Crippen LogP contribution in [0.15, 0.2) is 89.1 Å². The van der Waals surface area contributed by atoms with Crippen LogP contribution in [0.4, 0.5) is 21.0 Å². The van der Waals surface area contributed by atoms with E-state index in [-0.39, 0.29) is 0 Å². The Bertz CT molecular complexity index is 1150. The largest absolute Gasteiger partial charge is 0.339 e. The van der Waals surface area contributed by atoms with Crippen LogP contribution in [0.25, 0.3) is 0 Å². The van der Waals surface area contributed by atoms with Crippen molar-refractivity contribution in [2.75, 3.05) is 10.6 Å². The van der Waals surface area contributed by atoms with E-state index in [9.17, 15) is 9.59 Å². The van der Waals surface area contributed by atoms with Gasteiger partial charge in [0.05, 0.1) is 5.71 Å². The third kappa shape index (κ3) is 7.32. The monoisotopic (exact) mass is 442 g/mol. The highest BCUT2D eigenvalue weighted by Crippen LogP contribution is 2.09. The number of urea groups is 2. The molecule has 3 aromatic carbocycles. The minimum Gasteiger partial charge on any atom is -0.307 e. The van der Waals surface area contributed by atoms with Gasteiger partial charge in [-0.3, -0.25) is 0 Å². The average Bonchev–Trinajstić information content (AvgIpc) is 2.81. The maximum atomic E-state index is 12.3. The lowest BCUT2D eigenvalue weighted by Crippen LogP contribution is -2.29. The van der Waals surface area contributed by atoms with Gasteiger partial charge in [0.15, 0.2) is 0 Å². The van der Waals surface area contributed by atoms with Gasteiger partial charge in [-0.15, -0.1) is 0 Å². The number of amides is 4. The summed E-state index contributed by atoms with van der Waals surface area (Å²) in [5, 5.41) is 13.8. The van der Waals surface area contributed by atoms with Gasteiger partial charge in [-0.1, -0.05) is 65.7 Å². The molecule has 3 rings (SSSR count). The van der Waals surface area contributed by atoms with E-state index < -0.39 is 12.1 Å². The van der Waals surface area contributed by atoms with Crippen molar-refractivity contribution in [2.24, 2.45) is 10.2 Å². The molecular weight excluding hydrogens is 416 g/mol. The van der Waals surface area contributed by atoms with Crippen LogP contribution in [0, 0.1) is 13.8 Å². The summed E-state index contributed by atoms with van der Waals surface area (Å²) in [5.41, 5.74) is 9.98. The molecule has 0 spiro atoms. The number of hydrogen-bond donors (Lipinski definition) is 4. The first-order chi connectivity index (χ1) is 15.9. The van der Waals surface area contributed by atoms with Crippen LogP contribution in [0.1, 0.15) is 23.6 Å². The molecule has 0 aliphatic rings. The molecule has 8 nitrogen and oxygen atoms in total. The Morgan fingerprint density at radius 1 is 0.636 bits per heavy atom. The number of aryl methyl sites for hydroxylation is 2. The van der Waals surface area contributed by atoms with Crippen LogP contribution in [0.5, 0.6) is 0 Å². The van der Waals surface area contributed by atoms with E-state index >= 15 is 0 Å². The molecule has 0 aliphatic heterocycles. The quantitative estimate of drug-likeness (QED) is 0.318. The van der Waals surface area contributed by atoms with E-state index in [0.717, 1.165) is 16.7 Å². The first-order valence-electron chi connectivity index (χ1n) is 10.4. The molecule has 0 atom stereocenters. The van der Waals surface area contributed by atoms with Gasteiger partial charge in [0.2, 0.25) is 0 Å². The lowest BCUT2D eigenvalue weighted by molar-refractivity contribution is 0.251. The van der Waals surface area contributed by atoms with Gasteiger partial charge in [0, 0.05) is 16.9 Å². The third-order valence-corrected chi connectivity index (χ3v) is 4.60. The summed E-state index contributed by atoms with van der Waals surface area (Å²) in [5.74, 6) is 0. The molecule has 0 radical (unpaired) electrons. The van der Waals surface area contributed by atoms with Gasteiger partial charge in [-0.2, -0.15) is 10.2 Å². The van der Waals surface area contributed by atoms with Crippen molar-refractivity contribution in [3.63, 3.8) is 0 Å². The summed E-state index contributed by atoms with van der Waals surface area (Å²) in [6, 6.07) is 23.1. The number of nitrogens with one attached hydrogen (secondary N) is 4. The van der Waals surface area contributed by atoms with Gasteiger partial charge in [-0.05, 0) is 45.0 Å². The molecule has 4 N–H and O–H groups in total. The first-order valence-corrected chi connectivity index (χ1v) is 10.4. The molecule has 33 heavy (non-hydrogen) atoms. The van der Waals surface area contributed by atoms with Crippen molar-refractivity contribution in [2.45, 2.75) is 20.8 Å². The molecule has 0 heterocycles. The third-order valence-electron chi connectivity index (χ3n) is 4.60. The van der Waals surface area contributed by atoms with Gasteiger partial charge in [0.1, 0.15) is 5.71 Å². The number of anilines is 2. The van der Waals surface area contributed by atoms with Crippen LogP contribution in [-0.4, -0.2) is 23.5 Å². The molecule has 0 fully saturated rings. The normalized spacial score (nSPS) is 11.5. The van der Waals surface area contributed by atoms with Crippen LogP contribution < -0.4 is 21.5 Å². The van der Waals surface area contributed by atoms with Crippen molar-refractivity contribution in [1.29, 1.82) is 0 Å². The summed E-state index contributed by atoms with van der Waals surface area (Å²) >= 11 is 0. The second-order valence-electron chi connectivity index (χ2n) is 7.39. The zero-order valence-corrected chi connectivity index (χ0v) is 18.7. The Kier molecular flexibility index (Phi) is 7.91. The number of hydrazone groups is 2. The second-order valence-corrected chi connectivity index (χ2v) is 7.39. The number of benzene rings is 3. The van der Waals surface area contributed by atoms with Crippen molar-refractivity contribution >= 4 is 34.9 Å². The fourth-order valence-electron chi connectivity index (χ4n) is 2.84. The Balaban J connectivity index is 1.69. The van der Waals surface area contributed by atoms with Crippen LogP contribution in [0.3, 0.4) is 0 Å². The number of hydrogen-bond acceptors (Lipinski definition) is 4. The molecule has 0 saturated heterocycles. The maximum absolute atomic E-state index is 12.3. The predicted molar refractivity (Wildman–Crippen MR) is 133 cm³/mol. The average molecular weight is 443 g/mol. The molecule has 0 aliphatic carbocycles.